The van der Waals surface area contributed by atoms with Crippen molar-refractivity contribution >= 4 is 61.2 Å². The molecular weight excluding hydrogens is 781 g/mol. The number of carbonyl (C=O) groups excluding carboxylic acids is 3. The van der Waals surface area contributed by atoms with Crippen LogP contribution in [0.5, 0.6) is 17.4 Å². The second-order valence-corrected chi connectivity index (χ2v) is 19.8. The fourth-order valence-corrected chi connectivity index (χ4v) is 11.0. The Labute approximate surface area is 343 Å². The number of hydrogen-bond acceptors (Lipinski definition) is 12. The number of allylic oxidation sites excluding steroid dienone is 1. The van der Waals surface area contributed by atoms with Gasteiger partial charge in [-0.05, 0) is 50.5 Å². The van der Waals surface area contributed by atoms with Gasteiger partial charge in [-0.15, -0.1) is 17.9 Å². The predicted molar refractivity (Wildman–Crippen MR) is 221 cm³/mol. The van der Waals surface area contributed by atoms with Crippen LogP contribution in [0, 0.1) is 11.8 Å². The molecular formula is C42H52N6O8S2. The van der Waals surface area contributed by atoms with Crippen LogP contribution in [-0.4, -0.2) is 90.7 Å². The van der Waals surface area contributed by atoms with Gasteiger partial charge >= 0.3 is 0 Å². The summed E-state index contributed by atoms with van der Waals surface area (Å²) in [5.41, 5.74) is 0.434. The SMILES string of the molecule is C=C[C@@H]1C[C@]1(NC(=O)[C@@H]1C[C@@H]2CN1C(=O)[C@H](C1CCCCC1)Nc1nc(cs1)C(C)(C)C/C=C/c1cc3c(cc(OC)nc3cc1OC)O2)C(=O)NS(=O)(=O)C1CC1. The van der Waals surface area contributed by atoms with E-state index in [0.29, 0.717) is 52.7 Å². The second-order valence-electron chi connectivity index (χ2n) is 17.0. The summed E-state index contributed by atoms with van der Waals surface area (Å²) in [5, 5.41) is 9.18. The molecule has 58 heavy (non-hydrogen) atoms. The number of aromatic nitrogens is 2. The van der Waals surface area contributed by atoms with Crippen molar-refractivity contribution in [2.45, 2.75) is 112 Å². The first-order valence-electron chi connectivity index (χ1n) is 20.2. The largest absolute Gasteiger partial charge is 0.496 e. The van der Waals surface area contributed by atoms with Crippen molar-refractivity contribution in [1.29, 1.82) is 0 Å². The third-order valence-corrected chi connectivity index (χ3v) is 15.1. The van der Waals surface area contributed by atoms with Crippen molar-refractivity contribution in [3.8, 4) is 17.4 Å². The summed E-state index contributed by atoms with van der Waals surface area (Å²) in [6.07, 6.45) is 11.7. The zero-order valence-electron chi connectivity index (χ0n) is 33.4. The number of nitrogens with zero attached hydrogens (tertiary/aromatic N) is 3. The summed E-state index contributed by atoms with van der Waals surface area (Å²) in [6, 6.07) is 3.78. The van der Waals surface area contributed by atoms with Gasteiger partial charge < -0.3 is 29.7 Å². The molecule has 310 valence electrons. The van der Waals surface area contributed by atoms with Gasteiger partial charge in [-0.25, -0.2) is 18.4 Å². The average molecular weight is 833 g/mol. The fourth-order valence-electron chi connectivity index (χ4n) is 8.70. The van der Waals surface area contributed by atoms with Crippen molar-refractivity contribution in [2.75, 3.05) is 26.1 Å². The molecule has 5 aliphatic rings. The number of hydrogen-bond donors (Lipinski definition) is 3. The molecule has 6 bridgehead atoms. The Bertz CT molecular complexity index is 2270. The molecule has 0 spiro atoms. The maximum atomic E-state index is 15.1. The van der Waals surface area contributed by atoms with E-state index >= 15 is 4.79 Å². The molecule has 4 fully saturated rings. The number of nitrogens with one attached hydrogen (secondary N) is 3. The summed E-state index contributed by atoms with van der Waals surface area (Å²) in [6.45, 7) is 8.19. The van der Waals surface area contributed by atoms with E-state index in [1.165, 1.54) is 18.4 Å². The molecule has 0 radical (unpaired) electrons. The van der Waals surface area contributed by atoms with E-state index in [1.54, 1.807) is 24.2 Å². The molecule has 2 aliphatic heterocycles. The number of anilines is 1. The van der Waals surface area contributed by atoms with E-state index in [9.17, 15) is 18.0 Å². The van der Waals surface area contributed by atoms with Gasteiger partial charge in [-0.3, -0.25) is 19.1 Å². The fraction of sp³-hybridized carbons (Fsp3) is 0.548. The number of benzene rings is 1. The molecule has 3 saturated carbocycles. The molecule has 3 aromatic rings. The van der Waals surface area contributed by atoms with Crippen LogP contribution < -0.4 is 29.6 Å². The molecule has 1 saturated heterocycles. The molecule has 14 nitrogen and oxygen atoms in total. The van der Waals surface area contributed by atoms with Crippen molar-refractivity contribution in [3.05, 3.63) is 53.6 Å². The first-order chi connectivity index (χ1) is 27.7. The summed E-state index contributed by atoms with van der Waals surface area (Å²) in [7, 11) is -0.754. The Balaban J connectivity index is 1.20. The highest BCUT2D eigenvalue weighted by Crippen LogP contribution is 2.46. The van der Waals surface area contributed by atoms with Crippen LogP contribution in [0.4, 0.5) is 5.13 Å². The summed E-state index contributed by atoms with van der Waals surface area (Å²) in [4.78, 5) is 54.7. The zero-order valence-corrected chi connectivity index (χ0v) is 35.0. The van der Waals surface area contributed by atoms with E-state index in [-0.39, 0.29) is 36.6 Å². The number of ether oxygens (including phenoxy) is 3. The minimum Gasteiger partial charge on any atom is -0.496 e. The van der Waals surface area contributed by atoms with Gasteiger partial charge in [0.1, 0.15) is 35.2 Å². The summed E-state index contributed by atoms with van der Waals surface area (Å²) >= 11 is 1.46. The number of thiazole rings is 1. The second kappa shape index (κ2) is 15.5. The lowest BCUT2D eigenvalue weighted by atomic mass is 9.83. The normalized spacial score (nSPS) is 27.7. The third kappa shape index (κ3) is 7.76. The highest BCUT2D eigenvalue weighted by molar-refractivity contribution is 7.91. The van der Waals surface area contributed by atoms with Gasteiger partial charge in [0.2, 0.25) is 27.7 Å². The molecule has 0 unspecified atom stereocenters. The minimum absolute atomic E-state index is 0.000970. The average Bonchev–Trinajstić information content (AvgIpc) is 4.09. The number of carbonyl (C=O) groups is 3. The van der Waals surface area contributed by atoms with E-state index < -0.39 is 56.7 Å². The molecule has 1 aromatic carbocycles. The molecule has 3 aliphatic carbocycles. The Morgan fingerprint density at radius 2 is 1.86 bits per heavy atom. The van der Waals surface area contributed by atoms with Crippen LogP contribution in [0.15, 0.2) is 42.3 Å². The Kier molecular flexibility index (Phi) is 10.7. The molecule has 16 heteroatoms. The first-order valence-corrected chi connectivity index (χ1v) is 22.6. The van der Waals surface area contributed by atoms with Crippen molar-refractivity contribution < 1.29 is 37.0 Å². The van der Waals surface area contributed by atoms with Crippen LogP contribution in [0.2, 0.25) is 0 Å². The maximum absolute atomic E-state index is 15.1. The van der Waals surface area contributed by atoms with E-state index in [1.807, 2.05) is 23.6 Å². The van der Waals surface area contributed by atoms with Crippen LogP contribution in [0.3, 0.4) is 0 Å². The molecule has 3 N–H and O–H groups in total. The Morgan fingerprint density at radius 1 is 1.09 bits per heavy atom. The molecule has 3 amide bonds. The number of rotatable bonds is 9. The smallest absolute Gasteiger partial charge is 0.259 e. The van der Waals surface area contributed by atoms with Gasteiger partial charge in [-0.2, -0.15) is 0 Å². The van der Waals surface area contributed by atoms with Crippen molar-refractivity contribution in [3.63, 3.8) is 0 Å². The van der Waals surface area contributed by atoms with E-state index in [0.717, 1.165) is 43.4 Å². The minimum atomic E-state index is -3.88. The number of fused-ring (bicyclic) bond motifs is 5. The summed E-state index contributed by atoms with van der Waals surface area (Å²) < 4.78 is 46.1. The van der Waals surface area contributed by atoms with E-state index in [2.05, 4.69) is 46.8 Å². The summed E-state index contributed by atoms with van der Waals surface area (Å²) in [5.74, 6) is -0.702. The molecule has 5 atom stereocenters. The maximum Gasteiger partial charge on any atom is 0.259 e. The van der Waals surface area contributed by atoms with Crippen molar-refractivity contribution in [2.24, 2.45) is 11.8 Å². The first kappa shape index (κ1) is 40.1. The van der Waals surface area contributed by atoms with Gasteiger partial charge in [0.25, 0.3) is 5.91 Å². The standard InChI is InChI=1S/C42H52N6O8S2/c1-6-26-21-42(26,39(51)47-58(52,53)28-14-15-28)46-37(49)31-18-27-22-48(31)38(50)36(24-11-8-7-9-12-24)45-40-44-34(23-57-40)41(2,3)16-10-13-25-17-29-30(19-32(25)54-4)43-35(55-5)20-33(29)56-27/h6,10,13,17,19-20,23-24,26-28,31,36H,1,7-9,11-12,14-16,18,21-22H2,2-5H3,(H,44,45)(H,46,49)(H,47,51)/b13-10+/t26-,27-,31+,36+,42-/m1/s1. The predicted octanol–water partition coefficient (Wildman–Crippen LogP) is 5.48. The number of pyridine rings is 1. The number of amides is 3. The molecule has 4 heterocycles. The lowest BCUT2D eigenvalue weighted by Gasteiger charge is -2.35. The topological polar surface area (TPSA) is 178 Å². The highest BCUT2D eigenvalue weighted by atomic mass is 32.2. The van der Waals surface area contributed by atoms with Crippen LogP contribution in [0.25, 0.3) is 17.0 Å². The lowest BCUT2D eigenvalue weighted by molar-refractivity contribution is -0.141. The van der Waals surface area contributed by atoms with Crippen molar-refractivity contribution in [1.82, 2.24) is 24.9 Å². The molecule has 2 aromatic heterocycles. The van der Waals surface area contributed by atoms with E-state index in [4.69, 9.17) is 19.2 Å². The molecule has 8 rings (SSSR count). The quantitative estimate of drug-likeness (QED) is 0.233. The van der Waals surface area contributed by atoms with Gasteiger partial charge in [0, 0.05) is 46.2 Å². The number of sulfonamides is 1. The van der Waals surface area contributed by atoms with Gasteiger partial charge in [0.05, 0.1) is 37.2 Å². The lowest BCUT2D eigenvalue weighted by Crippen LogP contribution is -2.58. The zero-order chi connectivity index (χ0) is 41.0. The van der Waals surface area contributed by atoms with Gasteiger partial charge in [0.15, 0.2) is 5.13 Å². The van der Waals surface area contributed by atoms with Gasteiger partial charge in [-0.1, -0.05) is 51.3 Å². The highest BCUT2D eigenvalue weighted by Gasteiger charge is 2.62. The van der Waals surface area contributed by atoms with Crippen LogP contribution in [-0.2, 0) is 29.8 Å². The monoisotopic (exact) mass is 832 g/mol. The Hall–Kier alpha value is -4.70. The third-order valence-electron chi connectivity index (χ3n) is 12.5. The Morgan fingerprint density at radius 3 is 2.55 bits per heavy atom. The number of methoxy groups -OCH3 is 2. The van der Waals surface area contributed by atoms with Crippen LogP contribution in [0.1, 0.15) is 89.3 Å². The van der Waals surface area contributed by atoms with Crippen LogP contribution >= 0.6 is 11.3 Å².